The molecule has 1 N–H and O–H groups in total. The molecule has 1 saturated heterocycles. The molecule has 8 heteroatoms. The van der Waals surface area contributed by atoms with E-state index in [2.05, 4.69) is 27.1 Å². The van der Waals surface area contributed by atoms with Crippen LogP contribution < -0.4 is 10.2 Å². The van der Waals surface area contributed by atoms with Crippen LogP contribution in [0.2, 0.25) is 0 Å². The van der Waals surface area contributed by atoms with Gasteiger partial charge < -0.3 is 5.32 Å². The van der Waals surface area contributed by atoms with Gasteiger partial charge in [0.1, 0.15) is 0 Å². The van der Waals surface area contributed by atoms with E-state index >= 15 is 0 Å². The molecule has 2 aromatic heterocycles. The summed E-state index contributed by atoms with van der Waals surface area (Å²) in [6.07, 6.45) is 10.8. The van der Waals surface area contributed by atoms with Gasteiger partial charge in [-0.25, -0.2) is 4.98 Å². The van der Waals surface area contributed by atoms with Crippen molar-refractivity contribution in [3.05, 3.63) is 38.8 Å². The van der Waals surface area contributed by atoms with Gasteiger partial charge in [0, 0.05) is 42.0 Å². The Kier molecular flexibility index (Phi) is 5.87. The molecule has 0 radical (unpaired) electrons. The molecule has 2 aromatic rings. The summed E-state index contributed by atoms with van der Waals surface area (Å²) >= 11 is 1.43. The van der Waals surface area contributed by atoms with Crippen LogP contribution in [-0.4, -0.2) is 38.4 Å². The van der Waals surface area contributed by atoms with Crippen LogP contribution >= 0.6 is 11.3 Å². The van der Waals surface area contributed by atoms with Gasteiger partial charge in [0.25, 0.3) is 0 Å². The SMILES string of the molecule is CCC1CCc2c(sc(=O)n2CN2CCC(C(=O)Nc3cnccn3)CC2)C1. The topological polar surface area (TPSA) is 80.1 Å². The molecular formula is C20H27N5O2S. The maximum Gasteiger partial charge on any atom is 0.308 e. The third-order valence-electron chi connectivity index (χ3n) is 6.03. The molecular weight excluding hydrogens is 374 g/mol. The lowest BCUT2D eigenvalue weighted by Gasteiger charge is -2.32. The van der Waals surface area contributed by atoms with Gasteiger partial charge in [-0.05, 0) is 38.0 Å². The third-order valence-corrected chi connectivity index (χ3v) is 7.08. The number of hydrogen-bond acceptors (Lipinski definition) is 6. The van der Waals surface area contributed by atoms with E-state index in [-0.39, 0.29) is 16.7 Å². The molecule has 3 heterocycles. The Hall–Kier alpha value is -2.06. The smallest absolute Gasteiger partial charge is 0.308 e. The van der Waals surface area contributed by atoms with E-state index in [0.29, 0.717) is 12.5 Å². The van der Waals surface area contributed by atoms with Crippen molar-refractivity contribution in [1.82, 2.24) is 19.4 Å². The van der Waals surface area contributed by atoms with Crippen molar-refractivity contribution in [3.63, 3.8) is 0 Å². The number of amides is 1. The predicted molar refractivity (Wildman–Crippen MR) is 109 cm³/mol. The summed E-state index contributed by atoms with van der Waals surface area (Å²) in [5.41, 5.74) is 1.25. The highest BCUT2D eigenvalue weighted by molar-refractivity contribution is 7.09. The number of thiazole rings is 1. The van der Waals surface area contributed by atoms with Crippen LogP contribution in [0, 0.1) is 11.8 Å². The second kappa shape index (κ2) is 8.53. The van der Waals surface area contributed by atoms with E-state index in [1.165, 1.54) is 34.7 Å². The quantitative estimate of drug-likeness (QED) is 0.833. The first-order valence-electron chi connectivity index (χ1n) is 10.1. The zero-order valence-corrected chi connectivity index (χ0v) is 17.1. The van der Waals surface area contributed by atoms with E-state index < -0.39 is 0 Å². The van der Waals surface area contributed by atoms with E-state index in [9.17, 15) is 9.59 Å². The Morgan fingerprint density at radius 3 is 2.82 bits per heavy atom. The summed E-state index contributed by atoms with van der Waals surface area (Å²) in [7, 11) is 0. The van der Waals surface area contributed by atoms with E-state index in [1.54, 1.807) is 18.6 Å². The number of carbonyl (C=O) groups excluding carboxylic acids is 1. The Morgan fingerprint density at radius 2 is 2.11 bits per heavy atom. The number of nitrogens with one attached hydrogen (secondary N) is 1. The van der Waals surface area contributed by atoms with Crippen LogP contribution in [0.5, 0.6) is 0 Å². The number of rotatable bonds is 5. The summed E-state index contributed by atoms with van der Waals surface area (Å²) in [5, 5.41) is 2.85. The average molecular weight is 402 g/mol. The number of fused-ring (bicyclic) bond motifs is 1. The molecule has 0 saturated carbocycles. The minimum atomic E-state index is -0.0170. The van der Waals surface area contributed by atoms with Crippen LogP contribution in [0.1, 0.15) is 43.2 Å². The molecule has 0 spiro atoms. The van der Waals surface area contributed by atoms with Crippen molar-refractivity contribution in [2.24, 2.45) is 11.8 Å². The molecule has 28 heavy (non-hydrogen) atoms. The lowest BCUT2D eigenvalue weighted by Crippen LogP contribution is -2.40. The van der Waals surface area contributed by atoms with Gasteiger partial charge in [0.15, 0.2) is 5.82 Å². The fourth-order valence-electron chi connectivity index (χ4n) is 4.24. The molecule has 7 nitrogen and oxygen atoms in total. The monoisotopic (exact) mass is 401 g/mol. The minimum Gasteiger partial charge on any atom is -0.309 e. The van der Waals surface area contributed by atoms with Crippen molar-refractivity contribution >= 4 is 23.1 Å². The minimum absolute atomic E-state index is 0.0100. The van der Waals surface area contributed by atoms with Crippen LogP contribution in [0.15, 0.2) is 23.4 Å². The average Bonchev–Trinajstić information content (AvgIpc) is 3.03. The fourth-order valence-corrected chi connectivity index (χ4v) is 5.38. The Labute approximate surface area is 168 Å². The molecule has 2 aliphatic rings. The molecule has 1 atom stereocenters. The van der Waals surface area contributed by atoms with Gasteiger partial charge >= 0.3 is 4.87 Å². The molecule has 4 rings (SSSR count). The van der Waals surface area contributed by atoms with Gasteiger partial charge in [-0.3, -0.25) is 24.0 Å². The van der Waals surface area contributed by atoms with Crippen molar-refractivity contribution in [1.29, 1.82) is 0 Å². The summed E-state index contributed by atoms with van der Waals surface area (Å²) in [4.78, 5) is 36.8. The van der Waals surface area contributed by atoms with Crippen LogP contribution in [0.25, 0.3) is 0 Å². The first kappa shape index (κ1) is 19.3. The summed E-state index contributed by atoms with van der Waals surface area (Å²) in [6, 6.07) is 0. The standard InChI is InChI=1S/C20H27N5O2S/c1-2-14-3-4-16-17(11-14)28-20(27)25(16)13-24-9-5-15(6-10-24)19(26)23-18-12-21-7-8-22-18/h7-8,12,14-15H,2-6,9-11,13H2,1H3,(H,22,23,26). The molecule has 1 fully saturated rings. The highest BCUT2D eigenvalue weighted by Crippen LogP contribution is 2.30. The molecule has 0 aromatic carbocycles. The van der Waals surface area contributed by atoms with Crippen LogP contribution in [0.4, 0.5) is 5.82 Å². The molecule has 1 unspecified atom stereocenters. The number of likely N-dealkylation sites (tertiary alicyclic amines) is 1. The highest BCUT2D eigenvalue weighted by atomic mass is 32.1. The number of hydrogen-bond donors (Lipinski definition) is 1. The third kappa shape index (κ3) is 4.17. The van der Waals surface area contributed by atoms with Crippen molar-refractivity contribution in [2.45, 2.75) is 52.1 Å². The summed E-state index contributed by atoms with van der Waals surface area (Å²) in [5.74, 6) is 1.21. The van der Waals surface area contributed by atoms with Crippen molar-refractivity contribution < 1.29 is 4.79 Å². The number of aromatic nitrogens is 3. The largest absolute Gasteiger partial charge is 0.309 e. The number of carbonyl (C=O) groups is 1. The van der Waals surface area contributed by atoms with E-state index in [1.807, 2.05) is 4.57 Å². The van der Waals surface area contributed by atoms with Crippen LogP contribution in [-0.2, 0) is 24.3 Å². The molecule has 0 bridgehead atoms. The van der Waals surface area contributed by atoms with Crippen LogP contribution in [0.3, 0.4) is 0 Å². The molecule has 1 amide bonds. The van der Waals surface area contributed by atoms with E-state index in [0.717, 1.165) is 44.7 Å². The predicted octanol–water partition coefficient (Wildman–Crippen LogP) is 2.52. The van der Waals surface area contributed by atoms with Gasteiger partial charge in [0.05, 0.1) is 12.9 Å². The second-order valence-electron chi connectivity index (χ2n) is 7.80. The maximum absolute atomic E-state index is 12.5. The van der Waals surface area contributed by atoms with E-state index in [4.69, 9.17) is 0 Å². The number of piperidine rings is 1. The molecule has 150 valence electrons. The number of anilines is 1. The summed E-state index contributed by atoms with van der Waals surface area (Å²) in [6.45, 7) is 4.54. The summed E-state index contributed by atoms with van der Waals surface area (Å²) < 4.78 is 1.98. The normalized spacial score (nSPS) is 20.7. The fraction of sp³-hybridized carbons (Fsp3) is 0.600. The molecule has 1 aliphatic carbocycles. The lowest BCUT2D eigenvalue weighted by atomic mass is 9.89. The highest BCUT2D eigenvalue weighted by Gasteiger charge is 2.28. The lowest BCUT2D eigenvalue weighted by molar-refractivity contribution is -0.121. The Balaban J connectivity index is 1.33. The van der Waals surface area contributed by atoms with Gasteiger partial charge in [0.2, 0.25) is 5.91 Å². The molecule has 1 aliphatic heterocycles. The second-order valence-corrected chi connectivity index (χ2v) is 8.84. The van der Waals surface area contributed by atoms with Gasteiger partial charge in [-0.15, -0.1) is 0 Å². The Bertz CT molecular complexity index is 870. The first-order chi connectivity index (χ1) is 13.6. The van der Waals surface area contributed by atoms with Crippen molar-refractivity contribution in [3.8, 4) is 0 Å². The Morgan fingerprint density at radius 1 is 1.29 bits per heavy atom. The first-order valence-corrected chi connectivity index (χ1v) is 11.0. The maximum atomic E-state index is 12.5. The number of nitrogens with zero attached hydrogens (tertiary/aromatic N) is 4. The van der Waals surface area contributed by atoms with Gasteiger partial charge in [-0.2, -0.15) is 0 Å². The van der Waals surface area contributed by atoms with Crippen molar-refractivity contribution in [2.75, 3.05) is 18.4 Å². The zero-order chi connectivity index (χ0) is 19.5. The van der Waals surface area contributed by atoms with Gasteiger partial charge in [-0.1, -0.05) is 24.7 Å². The zero-order valence-electron chi connectivity index (χ0n) is 16.3.